The maximum absolute atomic E-state index is 11.2. The molecule has 4 nitrogen and oxygen atoms in total. The van der Waals surface area contributed by atoms with Crippen LogP contribution in [0.25, 0.3) is 21.5 Å². The van der Waals surface area contributed by atoms with E-state index in [2.05, 4.69) is 4.98 Å². The van der Waals surface area contributed by atoms with E-state index in [1.54, 1.807) is 11.3 Å². The molecule has 1 N–H and O–H groups in total. The van der Waals surface area contributed by atoms with Crippen molar-refractivity contribution in [2.24, 2.45) is 0 Å². The Morgan fingerprint density at radius 1 is 1.35 bits per heavy atom. The summed E-state index contributed by atoms with van der Waals surface area (Å²) < 4.78 is 6.61. The van der Waals surface area contributed by atoms with Crippen LogP contribution in [0.3, 0.4) is 0 Å². The Morgan fingerprint density at radius 3 is 2.75 bits per heavy atom. The van der Waals surface area contributed by atoms with Crippen LogP contribution >= 0.6 is 11.3 Å². The lowest BCUT2D eigenvalue weighted by Gasteiger charge is -1.98. The molecule has 0 saturated carbocycles. The molecule has 0 saturated heterocycles. The van der Waals surface area contributed by atoms with Gasteiger partial charge in [-0.25, -0.2) is 9.78 Å². The molecule has 5 heteroatoms. The summed E-state index contributed by atoms with van der Waals surface area (Å²) in [5, 5.41) is 12.2. The van der Waals surface area contributed by atoms with Crippen LogP contribution in [0.15, 0.2) is 34.1 Å². The average molecular weight is 287 g/mol. The van der Waals surface area contributed by atoms with Crippen molar-refractivity contribution in [3.8, 4) is 11.5 Å². The zero-order chi connectivity index (χ0) is 14.3. The third-order valence-corrected chi connectivity index (χ3v) is 4.07. The van der Waals surface area contributed by atoms with Crippen molar-refractivity contribution in [2.75, 3.05) is 0 Å². The van der Waals surface area contributed by atoms with E-state index in [1.165, 1.54) is 0 Å². The SMILES string of the molecule is CC(C)c1nc(-c2csc3ccccc23)oc1C(=O)O. The normalized spacial score (nSPS) is 11.3. The Labute approximate surface area is 119 Å². The number of fused-ring (bicyclic) bond motifs is 1. The number of thiophene rings is 1. The van der Waals surface area contributed by atoms with Crippen molar-refractivity contribution in [1.82, 2.24) is 4.98 Å². The van der Waals surface area contributed by atoms with E-state index >= 15 is 0 Å². The number of carboxylic acid groups (broad SMARTS) is 1. The number of aromatic carboxylic acids is 1. The summed E-state index contributed by atoms with van der Waals surface area (Å²) in [6, 6.07) is 7.93. The molecule has 0 aliphatic carbocycles. The third-order valence-electron chi connectivity index (χ3n) is 3.11. The lowest BCUT2D eigenvalue weighted by Crippen LogP contribution is -2.01. The fourth-order valence-corrected chi connectivity index (χ4v) is 3.07. The summed E-state index contributed by atoms with van der Waals surface area (Å²) in [6.07, 6.45) is 0. The molecule has 0 fully saturated rings. The highest BCUT2D eigenvalue weighted by atomic mass is 32.1. The van der Waals surface area contributed by atoms with Crippen molar-refractivity contribution < 1.29 is 14.3 Å². The van der Waals surface area contributed by atoms with Gasteiger partial charge in [0.15, 0.2) is 0 Å². The molecule has 0 radical (unpaired) electrons. The van der Waals surface area contributed by atoms with Crippen LogP contribution in [-0.4, -0.2) is 16.1 Å². The predicted molar refractivity (Wildman–Crippen MR) is 78.4 cm³/mol. The van der Waals surface area contributed by atoms with Crippen LogP contribution in [-0.2, 0) is 0 Å². The Bertz CT molecular complexity index is 785. The zero-order valence-electron chi connectivity index (χ0n) is 11.1. The molecule has 2 heterocycles. The first kappa shape index (κ1) is 12.9. The molecule has 0 aliphatic heterocycles. The number of benzene rings is 1. The maximum Gasteiger partial charge on any atom is 0.373 e. The van der Waals surface area contributed by atoms with E-state index in [-0.39, 0.29) is 11.7 Å². The molecule has 0 spiro atoms. The van der Waals surface area contributed by atoms with Gasteiger partial charge < -0.3 is 9.52 Å². The number of carbonyl (C=O) groups is 1. The number of aromatic nitrogens is 1. The Balaban J connectivity index is 2.20. The second-order valence-corrected chi connectivity index (χ2v) is 5.75. The molecule has 3 rings (SSSR count). The molecule has 0 amide bonds. The van der Waals surface area contributed by atoms with E-state index in [9.17, 15) is 9.90 Å². The summed E-state index contributed by atoms with van der Waals surface area (Å²) in [7, 11) is 0. The summed E-state index contributed by atoms with van der Waals surface area (Å²) in [5.74, 6) is -0.760. The van der Waals surface area contributed by atoms with Gasteiger partial charge in [-0.1, -0.05) is 32.0 Å². The highest BCUT2D eigenvalue weighted by Gasteiger charge is 2.23. The van der Waals surface area contributed by atoms with Gasteiger partial charge in [-0.3, -0.25) is 0 Å². The van der Waals surface area contributed by atoms with Crippen molar-refractivity contribution in [2.45, 2.75) is 19.8 Å². The van der Waals surface area contributed by atoms with Crippen molar-refractivity contribution >= 4 is 27.4 Å². The summed E-state index contributed by atoms with van der Waals surface area (Å²) >= 11 is 1.59. The topological polar surface area (TPSA) is 63.3 Å². The number of hydrogen-bond donors (Lipinski definition) is 1. The smallest absolute Gasteiger partial charge is 0.373 e. The van der Waals surface area contributed by atoms with Gasteiger partial charge in [0, 0.05) is 15.5 Å². The van der Waals surface area contributed by atoms with Crippen LogP contribution in [0, 0.1) is 0 Å². The minimum absolute atomic E-state index is 0.00324. The molecule has 3 aromatic rings. The Morgan fingerprint density at radius 2 is 2.10 bits per heavy atom. The van der Waals surface area contributed by atoms with Crippen LogP contribution in [0.1, 0.15) is 36.0 Å². The van der Waals surface area contributed by atoms with Crippen molar-refractivity contribution in [3.63, 3.8) is 0 Å². The standard InChI is InChI=1S/C15H13NO3S/c1-8(2)12-13(15(17)18)19-14(16-12)10-7-20-11-6-4-3-5-9(10)11/h3-8H,1-2H3,(H,17,18). The fraction of sp³-hybridized carbons (Fsp3) is 0.200. The van der Waals surface area contributed by atoms with Gasteiger partial charge >= 0.3 is 5.97 Å². The van der Waals surface area contributed by atoms with Crippen molar-refractivity contribution in [1.29, 1.82) is 0 Å². The second kappa shape index (κ2) is 4.76. The first-order valence-electron chi connectivity index (χ1n) is 6.28. The molecular formula is C15H13NO3S. The highest BCUT2D eigenvalue weighted by Crippen LogP contribution is 2.35. The molecule has 0 atom stereocenters. The predicted octanol–water partition coefficient (Wildman–Crippen LogP) is 4.38. The first-order valence-corrected chi connectivity index (χ1v) is 7.16. The molecule has 0 aliphatic rings. The average Bonchev–Trinajstić information content (AvgIpc) is 3.02. The van der Waals surface area contributed by atoms with Crippen LogP contribution in [0.4, 0.5) is 0 Å². The van der Waals surface area contributed by atoms with Crippen LogP contribution in [0.5, 0.6) is 0 Å². The lowest BCUT2D eigenvalue weighted by atomic mass is 10.1. The second-order valence-electron chi connectivity index (χ2n) is 4.84. The lowest BCUT2D eigenvalue weighted by molar-refractivity contribution is 0.0661. The van der Waals surface area contributed by atoms with Gasteiger partial charge in [-0.15, -0.1) is 11.3 Å². The van der Waals surface area contributed by atoms with Gasteiger partial charge in [0.25, 0.3) is 0 Å². The van der Waals surface area contributed by atoms with E-state index in [0.29, 0.717) is 11.6 Å². The van der Waals surface area contributed by atoms with Crippen molar-refractivity contribution in [3.05, 3.63) is 41.1 Å². The van der Waals surface area contributed by atoms with E-state index < -0.39 is 5.97 Å². The number of hydrogen-bond acceptors (Lipinski definition) is 4. The Hall–Kier alpha value is -2.14. The summed E-state index contributed by atoms with van der Waals surface area (Å²) in [6.45, 7) is 3.81. The van der Waals surface area contributed by atoms with E-state index in [0.717, 1.165) is 15.6 Å². The van der Waals surface area contributed by atoms with Gasteiger partial charge in [-0.05, 0) is 12.0 Å². The summed E-state index contributed by atoms with van der Waals surface area (Å²) in [4.78, 5) is 15.6. The maximum atomic E-state index is 11.2. The van der Waals surface area contributed by atoms with Gasteiger partial charge in [0.1, 0.15) is 0 Å². The minimum Gasteiger partial charge on any atom is -0.475 e. The molecule has 0 unspecified atom stereocenters. The van der Waals surface area contributed by atoms with Gasteiger partial charge in [0.2, 0.25) is 11.7 Å². The summed E-state index contributed by atoms with van der Waals surface area (Å²) in [5.41, 5.74) is 1.34. The molecule has 102 valence electrons. The molecule has 20 heavy (non-hydrogen) atoms. The third kappa shape index (κ3) is 2.00. The Kier molecular flexibility index (Phi) is 3.06. The molecule has 2 aromatic heterocycles. The number of oxazole rings is 1. The zero-order valence-corrected chi connectivity index (χ0v) is 11.9. The monoisotopic (exact) mass is 287 g/mol. The number of rotatable bonds is 3. The number of nitrogens with zero attached hydrogens (tertiary/aromatic N) is 1. The molecule has 0 bridgehead atoms. The molecule has 1 aromatic carbocycles. The molecular weight excluding hydrogens is 274 g/mol. The minimum atomic E-state index is -1.08. The number of carboxylic acids is 1. The largest absolute Gasteiger partial charge is 0.475 e. The van der Waals surface area contributed by atoms with E-state index in [1.807, 2.05) is 43.5 Å². The highest BCUT2D eigenvalue weighted by molar-refractivity contribution is 7.17. The quantitative estimate of drug-likeness (QED) is 0.776. The van der Waals surface area contributed by atoms with Crippen LogP contribution in [0.2, 0.25) is 0 Å². The van der Waals surface area contributed by atoms with E-state index in [4.69, 9.17) is 4.42 Å². The van der Waals surface area contributed by atoms with Gasteiger partial charge in [0.05, 0.1) is 11.3 Å². The van der Waals surface area contributed by atoms with Crippen LogP contribution < -0.4 is 0 Å². The van der Waals surface area contributed by atoms with Gasteiger partial charge in [-0.2, -0.15) is 0 Å². The fourth-order valence-electron chi connectivity index (χ4n) is 2.14. The first-order chi connectivity index (χ1) is 9.58.